The monoisotopic (exact) mass is 439 g/mol. The lowest BCUT2D eigenvalue weighted by Gasteiger charge is -2.10. The van der Waals surface area contributed by atoms with Gasteiger partial charge in [-0.3, -0.25) is 9.59 Å². The molecule has 2 heterocycles. The fourth-order valence-corrected chi connectivity index (χ4v) is 4.82. The number of halogens is 1. The minimum absolute atomic E-state index is 0.0414. The Morgan fingerprint density at radius 1 is 1.13 bits per heavy atom. The SMILES string of the molecule is CN(C)C(=O)c1ccc(CSc2nc3scc(-c4ccc(F)cc4)c3c(=O)[nH]2)cc1. The van der Waals surface area contributed by atoms with Crippen LogP contribution >= 0.6 is 23.1 Å². The minimum atomic E-state index is -0.317. The van der Waals surface area contributed by atoms with Crippen molar-refractivity contribution in [2.75, 3.05) is 14.1 Å². The maximum atomic E-state index is 13.2. The number of carbonyl (C=O) groups is 1. The molecule has 0 saturated carbocycles. The molecule has 0 fully saturated rings. The molecule has 152 valence electrons. The number of aromatic nitrogens is 2. The molecule has 0 atom stereocenters. The van der Waals surface area contributed by atoms with Gasteiger partial charge in [0.1, 0.15) is 10.6 Å². The summed E-state index contributed by atoms with van der Waals surface area (Å²) in [5.74, 6) is 0.254. The smallest absolute Gasteiger partial charge is 0.260 e. The van der Waals surface area contributed by atoms with Crippen molar-refractivity contribution in [2.45, 2.75) is 10.9 Å². The highest BCUT2D eigenvalue weighted by Crippen LogP contribution is 2.32. The standard InChI is InChI=1S/C22H18FN3O2S2/c1-26(2)21(28)15-5-3-13(4-6-15)11-30-22-24-19(27)18-17(12-29-20(18)25-22)14-7-9-16(23)10-8-14/h3-10,12H,11H2,1-2H3,(H,24,25,27). The Morgan fingerprint density at radius 2 is 1.83 bits per heavy atom. The minimum Gasteiger partial charge on any atom is -0.345 e. The van der Waals surface area contributed by atoms with Crippen LogP contribution in [0.1, 0.15) is 15.9 Å². The first-order valence-electron chi connectivity index (χ1n) is 9.13. The van der Waals surface area contributed by atoms with Gasteiger partial charge in [0.05, 0.1) is 5.39 Å². The van der Waals surface area contributed by atoms with Gasteiger partial charge < -0.3 is 9.88 Å². The average Bonchev–Trinajstić information content (AvgIpc) is 3.17. The molecule has 4 aromatic rings. The summed E-state index contributed by atoms with van der Waals surface area (Å²) in [7, 11) is 3.44. The molecule has 2 aromatic carbocycles. The molecular formula is C22H18FN3O2S2. The summed E-state index contributed by atoms with van der Waals surface area (Å²) in [6, 6.07) is 13.5. The fraction of sp³-hybridized carbons (Fsp3) is 0.136. The van der Waals surface area contributed by atoms with Crippen LogP contribution in [0.2, 0.25) is 0 Å². The lowest BCUT2D eigenvalue weighted by molar-refractivity contribution is 0.0827. The number of H-pyrrole nitrogens is 1. The van der Waals surface area contributed by atoms with E-state index in [1.807, 2.05) is 17.5 Å². The van der Waals surface area contributed by atoms with Crippen LogP contribution in [-0.2, 0) is 5.75 Å². The third kappa shape index (κ3) is 4.15. The Bertz CT molecular complexity index is 1260. The Morgan fingerprint density at radius 3 is 2.50 bits per heavy atom. The van der Waals surface area contributed by atoms with Gasteiger partial charge in [0, 0.05) is 36.4 Å². The van der Waals surface area contributed by atoms with E-state index in [1.54, 1.807) is 38.4 Å². The van der Waals surface area contributed by atoms with Crippen LogP contribution in [0.5, 0.6) is 0 Å². The summed E-state index contributed by atoms with van der Waals surface area (Å²) in [5, 5.41) is 2.92. The van der Waals surface area contributed by atoms with Crippen molar-refractivity contribution in [3.8, 4) is 11.1 Å². The summed E-state index contributed by atoms with van der Waals surface area (Å²) < 4.78 is 13.2. The average molecular weight is 440 g/mol. The molecule has 0 aliphatic rings. The van der Waals surface area contributed by atoms with E-state index in [4.69, 9.17) is 0 Å². The number of hydrogen-bond acceptors (Lipinski definition) is 5. The summed E-state index contributed by atoms with van der Waals surface area (Å²) in [4.78, 5) is 34.3. The van der Waals surface area contributed by atoms with Crippen LogP contribution in [0.15, 0.2) is 63.9 Å². The van der Waals surface area contributed by atoms with Crippen LogP contribution in [0, 0.1) is 5.82 Å². The first-order valence-corrected chi connectivity index (χ1v) is 11.0. The molecule has 4 rings (SSSR count). The van der Waals surface area contributed by atoms with Gasteiger partial charge in [-0.1, -0.05) is 36.0 Å². The Labute approximate surface area is 180 Å². The zero-order valence-electron chi connectivity index (χ0n) is 16.3. The topological polar surface area (TPSA) is 66.1 Å². The molecule has 0 unspecified atom stereocenters. The number of nitrogens with zero attached hydrogens (tertiary/aromatic N) is 2. The van der Waals surface area contributed by atoms with E-state index < -0.39 is 0 Å². The van der Waals surface area contributed by atoms with Crippen molar-refractivity contribution in [1.29, 1.82) is 0 Å². The number of hydrogen-bond donors (Lipinski definition) is 1. The molecule has 0 saturated heterocycles. The van der Waals surface area contributed by atoms with Crippen LogP contribution in [0.4, 0.5) is 4.39 Å². The summed E-state index contributed by atoms with van der Waals surface area (Å²) >= 11 is 2.82. The lowest BCUT2D eigenvalue weighted by Crippen LogP contribution is -2.21. The van der Waals surface area contributed by atoms with Crippen LogP contribution in [0.3, 0.4) is 0 Å². The van der Waals surface area contributed by atoms with E-state index in [1.165, 1.54) is 40.1 Å². The third-order valence-electron chi connectivity index (χ3n) is 4.56. The number of benzene rings is 2. The molecule has 1 amide bonds. The summed E-state index contributed by atoms with van der Waals surface area (Å²) in [5.41, 5.74) is 2.98. The molecule has 0 spiro atoms. The van der Waals surface area contributed by atoms with Gasteiger partial charge in [-0.25, -0.2) is 9.37 Å². The molecule has 0 aliphatic heterocycles. The van der Waals surface area contributed by atoms with Gasteiger partial charge in [0.25, 0.3) is 11.5 Å². The summed E-state index contributed by atoms with van der Waals surface area (Å²) in [6.07, 6.45) is 0. The normalized spacial score (nSPS) is 11.0. The van der Waals surface area contributed by atoms with Gasteiger partial charge in [-0.05, 0) is 35.4 Å². The zero-order valence-corrected chi connectivity index (χ0v) is 17.9. The first-order chi connectivity index (χ1) is 14.4. The number of nitrogens with one attached hydrogen (secondary N) is 1. The van der Waals surface area contributed by atoms with Gasteiger partial charge in [-0.15, -0.1) is 11.3 Å². The maximum Gasteiger partial charge on any atom is 0.260 e. The highest BCUT2D eigenvalue weighted by molar-refractivity contribution is 7.98. The van der Waals surface area contributed by atoms with Gasteiger partial charge >= 0.3 is 0 Å². The molecule has 0 bridgehead atoms. The zero-order chi connectivity index (χ0) is 21.3. The number of thiophene rings is 1. The van der Waals surface area contributed by atoms with E-state index in [0.29, 0.717) is 26.7 Å². The molecule has 8 heteroatoms. The maximum absolute atomic E-state index is 13.2. The van der Waals surface area contributed by atoms with E-state index in [-0.39, 0.29) is 17.3 Å². The van der Waals surface area contributed by atoms with Crippen molar-refractivity contribution < 1.29 is 9.18 Å². The highest BCUT2D eigenvalue weighted by Gasteiger charge is 2.14. The molecule has 30 heavy (non-hydrogen) atoms. The number of aromatic amines is 1. The quantitative estimate of drug-likeness (QED) is 0.359. The number of carbonyl (C=O) groups excluding carboxylic acids is 1. The second-order valence-electron chi connectivity index (χ2n) is 6.89. The van der Waals surface area contributed by atoms with Crippen molar-refractivity contribution >= 4 is 39.2 Å². The van der Waals surface area contributed by atoms with Crippen LogP contribution in [-0.4, -0.2) is 34.9 Å². The van der Waals surface area contributed by atoms with E-state index in [0.717, 1.165) is 16.7 Å². The van der Waals surface area contributed by atoms with Crippen LogP contribution < -0.4 is 5.56 Å². The van der Waals surface area contributed by atoms with Crippen molar-refractivity contribution in [3.05, 3.63) is 81.2 Å². The fourth-order valence-electron chi connectivity index (χ4n) is 2.99. The van der Waals surface area contributed by atoms with Crippen LogP contribution in [0.25, 0.3) is 21.3 Å². The third-order valence-corrected chi connectivity index (χ3v) is 6.38. The predicted octanol–water partition coefficient (Wildman–Crippen LogP) is 4.78. The van der Waals surface area contributed by atoms with Gasteiger partial charge in [0.15, 0.2) is 5.16 Å². The van der Waals surface area contributed by atoms with Crippen molar-refractivity contribution in [2.24, 2.45) is 0 Å². The highest BCUT2D eigenvalue weighted by atomic mass is 32.2. The van der Waals surface area contributed by atoms with Crippen molar-refractivity contribution in [1.82, 2.24) is 14.9 Å². The lowest BCUT2D eigenvalue weighted by atomic mass is 10.1. The van der Waals surface area contributed by atoms with Crippen molar-refractivity contribution in [3.63, 3.8) is 0 Å². The summed E-state index contributed by atoms with van der Waals surface area (Å²) in [6.45, 7) is 0. The number of fused-ring (bicyclic) bond motifs is 1. The molecule has 5 nitrogen and oxygen atoms in total. The Kier molecular flexibility index (Phi) is 5.69. The largest absolute Gasteiger partial charge is 0.345 e. The van der Waals surface area contributed by atoms with E-state index in [9.17, 15) is 14.0 Å². The Balaban J connectivity index is 1.54. The number of thioether (sulfide) groups is 1. The van der Waals surface area contributed by atoms with Gasteiger partial charge in [-0.2, -0.15) is 0 Å². The first kappa shape index (κ1) is 20.3. The predicted molar refractivity (Wildman–Crippen MR) is 120 cm³/mol. The second kappa shape index (κ2) is 8.41. The Hall–Kier alpha value is -2.97. The number of rotatable bonds is 5. The molecule has 0 radical (unpaired) electrons. The molecule has 1 N–H and O–H groups in total. The van der Waals surface area contributed by atoms with E-state index in [2.05, 4.69) is 9.97 Å². The van der Waals surface area contributed by atoms with Gasteiger partial charge in [0.2, 0.25) is 0 Å². The second-order valence-corrected chi connectivity index (χ2v) is 8.71. The molecule has 0 aliphatic carbocycles. The molecular weight excluding hydrogens is 421 g/mol. The van der Waals surface area contributed by atoms with E-state index >= 15 is 0 Å². The molecule has 2 aromatic heterocycles. The number of amides is 1.